The van der Waals surface area contributed by atoms with E-state index in [1.807, 2.05) is 11.8 Å². The van der Waals surface area contributed by atoms with Crippen LogP contribution in [0.15, 0.2) is 23.1 Å². The van der Waals surface area contributed by atoms with E-state index in [1.165, 1.54) is 0 Å². The molecule has 3 rings (SSSR count). The highest BCUT2D eigenvalue weighted by Gasteiger charge is 2.33. The molecular formula is C19H29N3O3S. The van der Waals surface area contributed by atoms with Crippen molar-refractivity contribution in [2.75, 3.05) is 26.2 Å². The minimum atomic E-state index is -3.56. The predicted molar refractivity (Wildman–Crippen MR) is 101 cm³/mol. The molecule has 2 unspecified atom stereocenters. The van der Waals surface area contributed by atoms with Gasteiger partial charge < -0.3 is 10.6 Å². The van der Waals surface area contributed by atoms with Gasteiger partial charge in [0.2, 0.25) is 10.0 Å². The summed E-state index contributed by atoms with van der Waals surface area (Å²) >= 11 is 0. The molecule has 0 saturated carbocycles. The lowest BCUT2D eigenvalue weighted by molar-refractivity contribution is 0.0743. The van der Waals surface area contributed by atoms with Crippen LogP contribution in [0.1, 0.15) is 48.5 Å². The Morgan fingerprint density at radius 2 is 1.92 bits per heavy atom. The molecule has 7 heteroatoms. The minimum absolute atomic E-state index is 0.108. The monoisotopic (exact) mass is 379 g/mol. The SMILES string of the molecule is Cc1ccc(C(=O)N2CC(CN)CC2C)cc1S(=O)(=O)N1CCCCC1. The van der Waals surface area contributed by atoms with Crippen LogP contribution < -0.4 is 5.73 Å². The molecule has 2 atom stereocenters. The maximum atomic E-state index is 13.1. The Labute approximate surface area is 156 Å². The largest absolute Gasteiger partial charge is 0.336 e. The summed E-state index contributed by atoms with van der Waals surface area (Å²) in [5.74, 6) is 0.208. The summed E-state index contributed by atoms with van der Waals surface area (Å²) in [6.07, 6.45) is 3.75. The van der Waals surface area contributed by atoms with Crippen molar-refractivity contribution in [3.8, 4) is 0 Å². The third kappa shape index (κ3) is 3.66. The zero-order valence-corrected chi connectivity index (χ0v) is 16.5. The molecule has 0 aromatic heterocycles. The number of aryl methyl sites for hydroxylation is 1. The van der Waals surface area contributed by atoms with Crippen LogP contribution in [0.3, 0.4) is 0 Å². The number of nitrogens with two attached hydrogens (primary N) is 1. The molecule has 2 heterocycles. The quantitative estimate of drug-likeness (QED) is 0.867. The number of amides is 1. The van der Waals surface area contributed by atoms with Crippen molar-refractivity contribution in [1.29, 1.82) is 0 Å². The fourth-order valence-corrected chi connectivity index (χ4v) is 5.79. The topological polar surface area (TPSA) is 83.7 Å². The third-order valence-corrected chi connectivity index (χ3v) is 7.66. The summed E-state index contributed by atoms with van der Waals surface area (Å²) in [6, 6.07) is 5.16. The Balaban J connectivity index is 1.89. The number of rotatable bonds is 4. The Morgan fingerprint density at radius 3 is 2.54 bits per heavy atom. The maximum Gasteiger partial charge on any atom is 0.254 e. The third-order valence-electron chi connectivity index (χ3n) is 5.62. The van der Waals surface area contributed by atoms with Crippen molar-refractivity contribution in [3.05, 3.63) is 29.3 Å². The molecule has 0 bridgehead atoms. The second kappa shape index (κ2) is 7.66. The summed E-state index contributed by atoms with van der Waals surface area (Å²) < 4.78 is 27.7. The molecule has 1 amide bonds. The van der Waals surface area contributed by atoms with Gasteiger partial charge in [-0.25, -0.2) is 8.42 Å². The van der Waals surface area contributed by atoms with Gasteiger partial charge in [-0.05, 0) is 63.3 Å². The molecule has 6 nitrogen and oxygen atoms in total. The van der Waals surface area contributed by atoms with E-state index in [-0.39, 0.29) is 16.8 Å². The molecule has 0 aliphatic carbocycles. The molecule has 1 aromatic rings. The lowest BCUT2D eigenvalue weighted by Gasteiger charge is -2.27. The smallest absolute Gasteiger partial charge is 0.254 e. The van der Waals surface area contributed by atoms with Crippen LogP contribution in [0.4, 0.5) is 0 Å². The van der Waals surface area contributed by atoms with E-state index in [0.29, 0.717) is 43.2 Å². The molecule has 0 spiro atoms. The molecule has 26 heavy (non-hydrogen) atoms. The number of likely N-dealkylation sites (tertiary alicyclic amines) is 1. The van der Waals surface area contributed by atoms with Gasteiger partial charge in [-0.3, -0.25) is 4.79 Å². The van der Waals surface area contributed by atoms with Crippen LogP contribution in [0.5, 0.6) is 0 Å². The molecule has 144 valence electrons. The first-order valence-corrected chi connectivity index (χ1v) is 10.9. The van der Waals surface area contributed by atoms with E-state index in [4.69, 9.17) is 5.73 Å². The standard InChI is InChI=1S/C19H29N3O3S/c1-14-6-7-17(19(23)22-13-16(12-20)10-15(22)2)11-18(14)26(24,25)21-8-4-3-5-9-21/h6-7,11,15-16H,3-5,8-10,12-13,20H2,1-2H3. The van der Waals surface area contributed by atoms with Crippen molar-refractivity contribution in [3.63, 3.8) is 0 Å². The zero-order valence-electron chi connectivity index (χ0n) is 15.6. The van der Waals surface area contributed by atoms with Gasteiger partial charge >= 0.3 is 0 Å². The highest BCUT2D eigenvalue weighted by molar-refractivity contribution is 7.89. The van der Waals surface area contributed by atoms with Gasteiger partial charge in [0.05, 0.1) is 4.90 Å². The van der Waals surface area contributed by atoms with Crippen LogP contribution in [-0.4, -0.2) is 55.8 Å². The van der Waals surface area contributed by atoms with Crippen molar-refractivity contribution >= 4 is 15.9 Å². The fraction of sp³-hybridized carbons (Fsp3) is 0.632. The highest BCUT2D eigenvalue weighted by atomic mass is 32.2. The van der Waals surface area contributed by atoms with Crippen molar-refractivity contribution in [2.24, 2.45) is 11.7 Å². The summed E-state index contributed by atoms with van der Waals surface area (Å²) in [6.45, 7) is 6.12. The van der Waals surface area contributed by atoms with Crippen molar-refractivity contribution in [1.82, 2.24) is 9.21 Å². The lowest BCUT2D eigenvalue weighted by atomic mass is 10.1. The van der Waals surface area contributed by atoms with Crippen molar-refractivity contribution in [2.45, 2.75) is 50.5 Å². The van der Waals surface area contributed by atoms with Crippen LogP contribution >= 0.6 is 0 Å². The van der Waals surface area contributed by atoms with Gasteiger partial charge in [-0.2, -0.15) is 4.31 Å². The van der Waals surface area contributed by atoms with Gasteiger partial charge in [0.15, 0.2) is 0 Å². The number of carbonyl (C=O) groups excluding carboxylic acids is 1. The van der Waals surface area contributed by atoms with E-state index in [0.717, 1.165) is 25.7 Å². The fourth-order valence-electron chi connectivity index (χ4n) is 4.02. The molecule has 2 fully saturated rings. The van der Waals surface area contributed by atoms with E-state index in [9.17, 15) is 13.2 Å². The molecule has 1 aromatic carbocycles. The van der Waals surface area contributed by atoms with Crippen LogP contribution in [0.25, 0.3) is 0 Å². The van der Waals surface area contributed by atoms with Gasteiger partial charge in [-0.15, -0.1) is 0 Å². The summed E-state index contributed by atoms with van der Waals surface area (Å²) in [5.41, 5.74) is 6.88. The van der Waals surface area contributed by atoms with Gasteiger partial charge in [0.25, 0.3) is 5.91 Å². The highest BCUT2D eigenvalue weighted by Crippen LogP contribution is 2.27. The minimum Gasteiger partial charge on any atom is -0.336 e. The number of benzene rings is 1. The Kier molecular flexibility index (Phi) is 5.69. The average Bonchev–Trinajstić information content (AvgIpc) is 3.03. The van der Waals surface area contributed by atoms with Gasteiger partial charge in [-0.1, -0.05) is 12.5 Å². The second-order valence-electron chi connectivity index (χ2n) is 7.59. The molecule has 2 aliphatic heterocycles. The van der Waals surface area contributed by atoms with E-state index >= 15 is 0 Å². The zero-order chi connectivity index (χ0) is 18.9. The number of sulfonamides is 1. The first-order chi connectivity index (χ1) is 12.3. The van der Waals surface area contributed by atoms with Gasteiger partial charge in [0, 0.05) is 31.2 Å². The summed E-state index contributed by atoms with van der Waals surface area (Å²) in [5, 5.41) is 0. The average molecular weight is 380 g/mol. The molecule has 0 radical (unpaired) electrons. The first-order valence-electron chi connectivity index (χ1n) is 9.46. The lowest BCUT2D eigenvalue weighted by Crippen LogP contribution is -2.37. The first kappa shape index (κ1) is 19.3. The van der Waals surface area contributed by atoms with Crippen LogP contribution in [0.2, 0.25) is 0 Å². The summed E-state index contributed by atoms with van der Waals surface area (Å²) in [7, 11) is -3.56. The number of hydrogen-bond donors (Lipinski definition) is 1. The number of hydrogen-bond acceptors (Lipinski definition) is 4. The Morgan fingerprint density at radius 1 is 1.23 bits per heavy atom. The van der Waals surface area contributed by atoms with E-state index < -0.39 is 10.0 Å². The molecule has 2 aliphatic rings. The van der Waals surface area contributed by atoms with Crippen LogP contribution in [-0.2, 0) is 10.0 Å². The van der Waals surface area contributed by atoms with Crippen LogP contribution in [0, 0.1) is 12.8 Å². The van der Waals surface area contributed by atoms with Gasteiger partial charge in [0.1, 0.15) is 0 Å². The van der Waals surface area contributed by atoms with Crippen molar-refractivity contribution < 1.29 is 13.2 Å². The normalized spacial score (nSPS) is 24.8. The molecule has 2 saturated heterocycles. The van der Waals surface area contributed by atoms with E-state index in [1.54, 1.807) is 29.4 Å². The molecule has 2 N–H and O–H groups in total. The van der Waals surface area contributed by atoms with E-state index in [2.05, 4.69) is 0 Å². The second-order valence-corrected chi connectivity index (χ2v) is 9.50. The summed E-state index contributed by atoms with van der Waals surface area (Å²) in [4.78, 5) is 15.0. The Bertz CT molecular complexity index is 772. The molecular weight excluding hydrogens is 350 g/mol. The number of piperidine rings is 1. The maximum absolute atomic E-state index is 13.1. The number of carbonyl (C=O) groups is 1. The predicted octanol–water partition coefficient (Wildman–Crippen LogP) is 1.98. The Hall–Kier alpha value is -1.44. The number of nitrogens with zero attached hydrogens (tertiary/aromatic N) is 2.